The summed E-state index contributed by atoms with van der Waals surface area (Å²) in [6.07, 6.45) is 8.39. The lowest BCUT2D eigenvalue weighted by Crippen LogP contribution is -2.35. The quantitative estimate of drug-likeness (QED) is 0.677. The van der Waals surface area contributed by atoms with Crippen molar-refractivity contribution in [3.05, 3.63) is 0 Å². The van der Waals surface area contributed by atoms with Gasteiger partial charge in [0, 0.05) is 0 Å². The molecule has 0 unspecified atom stereocenters. The van der Waals surface area contributed by atoms with Crippen molar-refractivity contribution in [2.24, 2.45) is 17.8 Å². The first-order valence-electron chi connectivity index (χ1n) is 5.52. The standard InChI is InChI=1S/C11H18O2/c12-11(13)10-7-3-5-8-4-1-2-6-9(8)10/h8-10H,1-7H2,(H,12,13)/t8-,9-,10-/m0/s1. The van der Waals surface area contributed by atoms with Gasteiger partial charge in [0.15, 0.2) is 0 Å². The van der Waals surface area contributed by atoms with Crippen LogP contribution in [0.1, 0.15) is 44.9 Å². The van der Waals surface area contributed by atoms with Gasteiger partial charge in [-0.3, -0.25) is 4.79 Å². The Kier molecular flexibility index (Phi) is 2.56. The van der Waals surface area contributed by atoms with Crippen molar-refractivity contribution in [2.75, 3.05) is 0 Å². The number of fused-ring (bicyclic) bond motifs is 1. The summed E-state index contributed by atoms with van der Waals surface area (Å²) in [6.45, 7) is 0. The maximum Gasteiger partial charge on any atom is 0.306 e. The van der Waals surface area contributed by atoms with Crippen LogP contribution in [0.4, 0.5) is 0 Å². The van der Waals surface area contributed by atoms with E-state index in [9.17, 15) is 4.79 Å². The van der Waals surface area contributed by atoms with Crippen LogP contribution in [0.5, 0.6) is 0 Å². The minimum absolute atomic E-state index is 0.0148. The summed E-state index contributed by atoms with van der Waals surface area (Å²) in [4.78, 5) is 11.0. The molecule has 0 bridgehead atoms. The van der Waals surface area contributed by atoms with Crippen molar-refractivity contribution >= 4 is 5.97 Å². The molecular weight excluding hydrogens is 164 g/mol. The lowest BCUT2D eigenvalue weighted by molar-refractivity contribution is -0.146. The molecule has 0 radical (unpaired) electrons. The molecule has 0 heterocycles. The first-order valence-corrected chi connectivity index (χ1v) is 5.52. The largest absolute Gasteiger partial charge is 0.481 e. The number of hydrogen-bond acceptors (Lipinski definition) is 1. The fourth-order valence-corrected chi connectivity index (χ4v) is 3.25. The summed E-state index contributed by atoms with van der Waals surface area (Å²) in [5, 5.41) is 9.08. The van der Waals surface area contributed by atoms with Crippen LogP contribution in [0, 0.1) is 17.8 Å². The fourth-order valence-electron chi connectivity index (χ4n) is 3.25. The molecular formula is C11H18O2. The molecule has 1 N–H and O–H groups in total. The molecule has 2 nitrogen and oxygen atoms in total. The summed E-state index contributed by atoms with van der Waals surface area (Å²) < 4.78 is 0. The summed E-state index contributed by atoms with van der Waals surface area (Å²) in [5.74, 6) is 0.694. The van der Waals surface area contributed by atoms with Gasteiger partial charge in [0.2, 0.25) is 0 Å². The number of carboxylic acid groups (broad SMARTS) is 1. The average Bonchev–Trinajstić information content (AvgIpc) is 2.17. The van der Waals surface area contributed by atoms with Crippen LogP contribution in [0.25, 0.3) is 0 Å². The summed E-state index contributed by atoms with van der Waals surface area (Å²) in [6, 6.07) is 0. The molecule has 2 heteroatoms. The Morgan fingerprint density at radius 1 is 1.00 bits per heavy atom. The highest BCUT2D eigenvalue weighted by atomic mass is 16.4. The molecule has 0 saturated heterocycles. The molecule has 0 amide bonds. The molecule has 0 aromatic carbocycles. The van der Waals surface area contributed by atoms with Gasteiger partial charge in [-0.15, -0.1) is 0 Å². The topological polar surface area (TPSA) is 37.3 Å². The van der Waals surface area contributed by atoms with Gasteiger partial charge >= 0.3 is 5.97 Å². The van der Waals surface area contributed by atoms with Gasteiger partial charge in [0.1, 0.15) is 0 Å². The molecule has 0 spiro atoms. The molecule has 0 aromatic rings. The van der Waals surface area contributed by atoms with Gasteiger partial charge < -0.3 is 5.11 Å². The van der Waals surface area contributed by atoms with Crippen LogP contribution < -0.4 is 0 Å². The van der Waals surface area contributed by atoms with E-state index in [0.29, 0.717) is 5.92 Å². The van der Waals surface area contributed by atoms with Crippen molar-refractivity contribution in [1.29, 1.82) is 0 Å². The summed E-state index contributed by atoms with van der Waals surface area (Å²) in [5.41, 5.74) is 0. The molecule has 0 aliphatic heterocycles. The van der Waals surface area contributed by atoms with Crippen LogP contribution in [0.2, 0.25) is 0 Å². The highest BCUT2D eigenvalue weighted by Crippen LogP contribution is 2.43. The molecule has 13 heavy (non-hydrogen) atoms. The van der Waals surface area contributed by atoms with E-state index < -0.39 is 5.97 Å². The second-order valence-electron chi connectivity index (χ2n) is 4.58. The van der Waals surface area contributed by atoms with Crippen LogP contribution in [0.3, 0.4) is 0 Å². The predicted molar refractivity (Wildman–Crippen MR) is 50.4 cm³/mol. The number of rotatable bonds is 1. The molecule has 74 valence electrons. The minimum Gasteiger partial charge on any atom is -0.481 e. The van der Waals surface area contributed by atoms with Crippen LogP contribution in [-0.2, 0) is 4.79 Å². The summed E-state index contributed by atoms with van der Waals surface area (Å²) in [7, 11) is 0. The Labute approximate surface area is 79.3 Å². The molecule has 2 saturated carbocycles. The van der Waals surface area contributed by atoms with Gasteiger partial charge in [-0.1, -0.05) is 32.1 Å². The van der Waals surface area contributed by atoms with E-state index in [2.05, 4.69) is 0 Å². The lowest BCUT2D eigenvalue weighted by atomic mass is 9.65. The first kappa shape index (κ1) is 9.04. The van der Waals surface area contributed by atoms with Crippen LogP contribution >= 0.6 is 0 Å². The van der Waals surface area contributed by atoms with E-state index in [-0.39, 0.29) is 5.92 Å². The van der Waals surface area contributed by atoms with Crippen molar-refractivity contribution in [3.63, 3.8) is 0 Å². The van der Waals surface area contributed by atoms with Crippen LogP contribution in [-0.4, -0.2) is 11.1 Å². The van der Waals surface area contributed by atoms with Crippen molar-refractivity contribution < 1.29 is 9.90 Å². The third kappa shape index (κ3) is 1.72. The zero-order valence-electron chi connectivity index (χ0n) is 8.04. The van der Waals surface area contributed by atoms with Gasteiger partial charge in [-0.05, 0) is 24.7 Å². The maximum atomic E-state index is 11.0. The average molecular weight is 182 g/mol. The SMILES string of the molecule is O=C(O)[C@H]1CCC[C@@H]2CCCC[C@@H]21. The van der Waals surface area contributed by atoms with Crippen molar-refractivity contribution in [2.45, 2.75) is 44.9 Å². The second kappa shape index (κ2) is 3.69. The predicted octanol–water partition coefficient (Wildman–Crippen LogP) is 2.68. The van der Waals surface area contributed by atoms with Gasteiger partial charge in [0.25, 0.3) is 0 Å². The van der Waals surface area contributed by atoms with Gasteiger partial charge in [0.05, 0.1) is 5.92 Å². The first-order chi connectivity index (χ1) is 6.29. The highest BCUT2D eigenvalue weighted by molar-refractivity contribution is 5.70. The lowest BCUT2D eigenvalue weighted by Gasteiger charge is -2.39. The third-order valence-corrected chi connectivity index (χ3v) is 3.89. The Morgan fingerprint density at radius 3 is 2.46 bits per heavy atom. The van der Waals surface area contributed by atoms with E-state index in [1.165, 1.54) is 32.1 Å². The van der Waals surface area contributed by atoms with E-state index in [4.69, 9.17) is 5.11 Å². The molecule has 2 rings (SSSR count). The number of carbonyl (C=O) groups is 1. The van der Waals surface area contributed by atoms with Crippen molar-refractivity contribution in [1.82, 2.24) is 0 Å². The van der Waals surface area contributed by atoms with E-state index in [1.54, 1.807) is 0 Å². The Balaban J connectivity index is 2.06. The summed E-state index contributed by atoms with van der Waals surface area (Å²) >= 11 is 0. The molecule has 2 aliphatic rings. The van der Waals surface area contributed by atoms with Gasteiger partial charge in [-0.2, -0.15) is 0 Å². The zero-order chi connectivity index (χ0) is 9.26. The van der Waals surface area contributed by atoms with Gasteiger partial charge in [-0.25, -0.2) is 0 Å². The Bertz CT molecular complexity index is 198. The molecule has 3 atom stereocenters. The van der Waals surface area contributed by atoms with Crippen LogP contribution in [0.15, 0.2) is 0 Å². The molecule has 2 aliphatic carbocycles. The van der Waals surface area contributed by atoms with E-state index >= 15 is 0 Å². The third-order valence-electron chi connectivity index (χ3n) is 3.89. The zero-order valence-corrected chi connectivity index (χ0v) is 8.04. The second-order valence-corrected chi connectivity index (χ2v) is 4.58. The van der Waals surface area contributed by atoms with Crippen molar-refractivity contribution in [3.8, 4) is 0 Å². The Hall–Kier alpha value is -0.530. The normalized spacial score (nSPS) is 39.5. The minimum atomic E-state index is -0.545. The smallest absolute Gasteiger partial charge is 0.306 e. The fraction of sp³-hybridized carbons (Fsp3) is 0.909. The molecule has 0 aromatic heterocycles. The Morgan fingerprint density at radius 2 is 1.69 bits per heavy atom. The monoisotopic (exact) mass is 182 g/mol. The molecule has 2 fully saturated rings. The maximum absolute atomic E-state index is 11.0. The number of carboxylic acids is 1. The van der Waals surface area contributed by atoms with E-state index in [1.807, 2.05) is 0 Å². The van der Waals surface area contributed by atoms with E-state index in [0.717, 1.165) is 18.8 Å². The number of aliphatic carboxylic acids is 1. The highest BCUT2D eigenvalue weighted by Gasteiger charge is 2.38. The number of hydrogen-bond donors (Lipinski definition) is 1.